The number of imidazole rings is 2. The van der Waals surface area contributed by atoms with E-state index in [1.54, 1.807) is 21.9 Å². The van der Waals surface area contributed by atoms with Crippen LogP contribution in [0.15, 0.2) is 85.2 Å². The van der Waals surface area contributed by atoms with Crippen LogP contribution in [-0.4, -0.2) is 79.5 Å². The maximum atomic E-state index is 15.9. The van der Waals surface area contributed by atoms with Crippen LogP contribution in [0.1, 0.15) is 117 Å². The Morgan fingerprint density at radius 1 is 0.677 bits per heavy atom. The van der Waals surface area contributed by atoms with E-state index >= 15 is 8.78 Å². The van der Waals surface area contributed by atoms with Crippen LogP contribution in [0.5, 0.6) is 0 Å². The van der Waals surface area contributed by atoms with Gasteiger partial charge in [0, 0.05) is 62.4 Å². The lowest BCUT2D eigenvalue weighted by Gasteiger charge is -2.33. The summed E-state index contributed by atoms with van der Waals surface area (Å²) >= 11 is 0. The molecule has 4 fully saturated rings. The Morgan fingerprint density at radius 3 is 1.76 bits per heavy atom. The molecule has 4 aliphatic rings. The van der Waals surface area contributed by atoms with E-state index in [4.69, 9.17) is 4.98 Å². The molecule has 4 atom stereocenters. The van der Waals surface area contributed by atoms with Crippen molar-refractivity contribution >= 4 is 29.3 Å². The maximum Gasteiger partial charge on any atom is 0.250 e. The lowest BCUT2D eigenvalue weighted by atomic mass is 9.93. The van der Waals surface area contributed by atoms with Crippen molar-refractivity contribution in [1.82, 2.24) is 40.4 Å². The van der Waals surface area contributed by atoms with Crippen LogP contribution < -0.4 is 15.5 Å². The second kappa shape index (κ2) is 17.5. The van der Waals surface area contributed by atoms with E-state index < -0.39 is 29.8 Å². The van der Waals surface area contributed by atoms with E-state index in [-0.39, 0.29) is 47.2 Å². The SMILES string of the molecule is CC(=O)N[C@@H](C(=O)N1CCC[C@H]1c1ncc(-c2cc(F)c(N3CCC(c4cnc([C@@H]5CCCN5C(=O)[C@H](NC(=O)C5CC5)c5ccccc5)[nH]4)CC3)c(F)c2)[nH]1)c1ccccc1. The Labute approximate surface area is 358 Å². The number of nitrogens with zero attached hydrogens (tertiary/aromatic N) is 5. The van der Waals surface area contributed by atoms with Crippen molar-refractivity contribution in [2.75, 3.05) is 31.1 Å². The molecular weight excluding hydrogens is 793 g/mol. The molecule has 0 unspecified atom stereocenters. The lowest BCUT2D eigenvalue weighted by molar-refractivity contribution is -0.138. The number of aromatic nitrogens is 4. The number of amides is 4. The molecule has 13 nitrogen and oxygen atoms in total. The fraction of sp³-hybridized carbons (Fsp3) is 0.404. The van der Waals surface area contributed by atoms with Crippen molar-refractivity contribution in [2.45, 2.75) is 88.4 Å². The minimum absolute atomic E-state index is 0.0291. The molecule has 5 heterocycles. The summed E-state index contributed by atoms with van der Waals surface area (Å²) in [5.41, 5.74) is 3.02. The predicted molar refractivity (Wildman–Crippen MR) is 227 cm³/mol. The van der Waals surface area contributed by atoms with Gasteiger partial charge in [-0.25, -0.2) is 18.7 Å². The van der Waals surface area contributed by atoms with Gasteiger partial charge in [0.25, 0.3) is 0 Å². The first-order valence-electron chi connectivity index (χ1n) is 21.7. The number of rotatable bonds is 12. The Kier molecular flexibility index (Phi) is 11.6. The molecule has 0 bridgehead atoms. The average molecular weight is 844 g/mol. The molecular formula is C47H51F2N9O4. The van der Waals surface area contributed by atoms with E-state index in [0.717, 1.165) is 43.4 Å². The Balaban J connectivity index is 0.842. The number of benzene rings is 3. The van der Waals surface area contributed by atoms with Gasteiger partial charge in [-0.15, -0.1) is 0 Å². The van der Waals surface area contributed by atoms with Crippen molar-refractivity contribution in [3.05, 3.63) is 125 Å². The van der Waals surface area contributed by atoms with Crippen LogP contribution in [0.2, 0.25) is 0 Å². The van der Waals surface area contributed by atoms with Gasteiger partial charge in [-0.05, 0) is 74.6 Å². The number of carbonyl (C=O) groups is 4. The molecule has 2 aromatic heterocycles. The summed E-state index contributed by atoms with van der Waals surface area (Å²) in [6.07, 6.45) is 9.28. The molecule has 3 saturated heterocycles. The number of piperidine rings is 1. The van der Waals surface area contributed by atoms with E-state index in [1.807, 2.05) is 59.6 Å². The van der Waals surface area contributed by atoms with Crippen molar-refractivity contribution in [1.29, 1.82) is 0 Å². The third kappa shape index (κ3) is 8.44. The number of halogens is 2. The molecule has 3 aromatic carbocycles. The number of aromatic amines is 2. The number of hydrogen-bond acceptors (Lipinski definition) is 7. The first kappa shape index (κ1) is 41.0. The zero-order valence-electron chi connectivity index (χ0n) is 34.7. The molecule has 1 aliphatic carbocycles. The van der Waals surface area contributed by atoms with Crippen molar-refractivity contribution in [3.63, 3.8) is 0 Å². The smallest absolute Gasteiger partial charge is 0.250 e. The average Bonchev–Trinajstić information content (AvgIpc) is 3.73. The summed E-state index contributed by atoms with van der Waals surface area (Å²) in [6, 6.07) is 18.8. The number of nitrogens with one attached hydrogen (secondary N) is 4. The molecule has 15 heteroatoms. The molecule has 322 valence electrons. The van der Waals surface area contributed by atoms with Gasteiger partial charge in [0.05, 0.1) is 24.0 Å². The summed E-state index contributed by atoms with van der Waals surface area (Å²) < 4.78 is 31.8. The maximum absolute atomic E-state index is 15.9. The van der Waals surface area contributed by atoms with Gasteiger partial charge < -0.3 is 35.3 Å². The summed E-state index contributed by atoms with van der Waals surface area (Å²) in [7, 11) is 0. The molecule has 1 saturated carbocycles. The van der Waals surface area contributed by atoms with E-state index in [1.165, 1.54) is 25.3 Å². The monoisotopic (exact) mass is 843 g/mol. The fourth-order valence-electron chi connectivity index (χ4n) is 9.45. The van der Waals surface area contributed by atoms with Gasteiger partial charge in [0.2, 0.25) is 23.6 Å². The van der Waals surface area contributed by atoms with Crippen LogP contribution in [0.3, 0.4) is 0 Å². The normalized spacial score (nSPS) is 20.3. The van der Waals surface area contributed by atoms with Gasteiger partial charge in [0.1, 0.15) is 41.1 Å². The highest BCUT2D eigenvalue weighted by molar-refractivity contribution is 5.91. The molecule has 4 N–H and O–H groups in total. The van der Waals surface area contributed by atoms with Crippen molar-refractivity contribution in [3.8, 4) is 11.3 Å². The molecule has 9 rings (SSSR count). The Hall–Kier alpha value is -6.38. The van der Waals surface area contributed by atoms with Crippen LogP contribution in [-0.2, 0) is 19.2 Å². The minimum Gasteiger partial charge on any atom is -0.367 e. The summed E-state index contributed by atoms with van der Waals surface area (Å²) in [5.74, 6) is -0.878. The molecule has 5 aromatic rings. The highest BCUT2D eigenvalue weighted by Gasteiger charge is 2.40. The third-order valence-electron chi connectivity index (χ3n) is 12.8. The molecule has 0 radical (unpaired) electrons. The standard InChI is InChI=1S/C47H51F2N9O4/c1-28(59)52-40(30-10-4-2-5-11-30)46(61)57-20-8-15-39(57)44-51-27-37(54-44)33-24-34(48)42(35(49)25-33)56-22-18-29(19-23-56)36-26-50-43(53-36)38-14-9-21-58(38)47(62)41(31-12-6-3-7-13-31)55-45(60)32-16-17-32/h2-7,10-13,24-27,29,32,38-41H,8-9,14-23H2,1H3,(H,50,53)(H,51,54)(H,52,59)(H,55,60)/t38-,39-,40+,41+/m0/s1. The van der Waals surface area contributed by atoms with Crippen LogP contribution in [0, 0.1) is 17.6 Å². The number of H-pyrrole nitrogens is 2. The second-order valence-corrected chi connectivity index (χ2v) is 17.0. The Morgan fingerprint density at radius 2 is 1.21 bits per heavy atom. The topological polar surface area (TPSA) is 159 Å². The fourth-order valence-corrected chi connectivity index (χ4v) is 9.45. The van der Waals surface area contributed by atoms with Gasteiger partial charge in [0.15, 0.2) is 0 Å². The minimum atomic E-state index is -0.853. The molecule has 0 spiro atoms. The Bertz CT molecular complexity index is 2410. The highest BCUT2D eigenvalue weighted by Crippen LogP contribution is 2.39. The van der Waals surface area contributed by atoms with Crippen LogP contribution >= 0.6 is 0 Å². The lowest BCUT2D eigenvalue weighted by Crippen LogP contribution is -2.43. The van der Waals surface area contributed by atoms with E-state index in [2.05, 4.69) is 25.6 Å². The molecule has 62 heavy (non-hydrogen) atoms. The van der Waals surface area contributed by atoms with Crippen LogP contribution in [0.25, 0.3) is 11.3 Å². The number of anilines is 1. The quantitative estimate of drug-likeness (QED) is 0.106. The van der Waals surface area contributed by atoms with Gasteiger partial charge in [-0.3, -0.25) is 19.2 Å². The first-order chi connectivity index (χ1) is 30.1. The van der Waals surface area contributed by atoms with Gasteiger partial charge in [-0.1, -0.05) is 60.7 Å². The third-order valence-corrected chi connectivity index (χ3v) is 12.8. The van der Waals surface area contributed by atoms with E-state index in [9.17, 15) is 19.2 Å². The molecule has 4 amide bonds. The second-order valence-electron chi connectivity index (χ2n) is 17.0. The molecule has 3 aliphatic heterocycles. The summed E-state index contributed by atoms with van der Waals surface area (Å²) in [5, 5.41) is 5.81. The zero-order valence-corrected chi connectivity index (χ0v) is 34.7. The van der Waals surface area contributed by atoms with Gasteiger partial charge in [-0.2, -0.15) is 0 Å². The highest BCUT2D eigenvalue weighted by atomic mass is 19.1. The van der Waals surface area contributed by atoms with E-state index in [0.29, 0.717) is 73.9 Å². The first-order valence-corrected chi connectivity index (χ1v) is 21.7. The number of likely N-dealkylation sites (tertiary alicyclic amines) is 2. The van der Waals surface area contributed by atoms with Crippen molar-refractivity contribution < 1.29 is 28.0 Å². The summed E-state index contributed by atoms with van der Waals surface area (Å²) in [4.78, 5) is 74.2. The zero-order chi connectivity index (χ0) is 42.9. The van der Waals surface area contributed by atoms with Gasteiger partial charge >= 0.3 is 0 Å². The number of carbonyl (C=O) groups excluding carboxylic acids is 4. The summed E-state index contributed by atoms with van der Waals surface area (Å²) in [6.45, 7) is 3.29. The largest absolute Gasteiger partial charge is 0.367 e. The van der Waals surface area contributed by atoms with Crippen molar-refractivity contribution in [2.24, 2.45) is 5.92 Å². The number of hydrogen-bond donors (Lipinski definition) is 4. The van der Waals surface area contributed by atoms with Crippen LogP contribution in [0.4, 0.5) is 14.5 Å². The predicted octanol–water partition coefficient (Wildman–Crippen LogP) is 6.93.